The van der Waals surface area contributed by atoms with E-state index < -0.39 is 0 Å². The first-order valence-corrected chi connectivity index (χ1v) is 6.76. The molecule has 1 rings (SSSR count). The van der Waals surface area contributed by atoms with Crippen LogP contribution < -0.4 is 10.6 Å². The molecular formula is C15H24N2S. The molecule has 1 unspecified atom stereocenters. The predicted molar refractivity (Wildman–Crippen MR) is 84.2 cm³/mol. The van der Waals surface area contributed by atoms with Crippen molar-refractivity contribution in [3.05, 3.63) is 29.3 Å². The summed E-state index contributed by atoms with van der Waals surface area (Å²) < 4.78 is 0. The third-order valence-electron chi connectivity index (χ3n) is 3.50. The van der Waals surface area contributed by atoms with Gasteiger partial charge in [0.05, 0.1) is 0 Å². The van der Waals surface area contributed by atoms with Gasteiger partial charge in [0.2, 0.25) is 0 Å². The van der Waals surface area contributed by atoms with Gasteiger partial charge in [0.25, 0.3) is 0 Å². The molecule has 0 amide bonds. The average molecular weight is 264 g/mol. The van der Waals surface area contributed by atoms with E-state index in [1.165, 1.54) is 11.1 Å². The Hall–Kier alpha value is -1.09. The number of anilines is 1. The first-order valence-electron chi connectivity index (χ1n) is 6.35. The molecule has 1 aromatic carbocycles. The Morgan fingerprint density at radius 1 is 1.22 bits per heavy atom. The standard InChI is InChI=1S/C15H24N2S/c1-10-8-7-9-13(11(10)2)17-14(18)16-12(3)15(4,5)6/h7-9,12H,1-6H3,(H2,16,17,18). The highest BCUT2D eigenvalue weighted by molar-refractivity contribution is 7.80. The Morgan fingerprint density at radius 3 is 2.39 bits per heavy atom. The van der Waals surface area contributed by atoms with E-state index in [1.54, 1.807) is 0 Å². The molecule has 0 spiro atoms. The molecule has 0 aromatic heterocycles. The first kappa shape index (κ1) is 15.0. The van der Waals surface area contributed by atoms with Crippen molar-refractivity contribution in [2.75, 3.05) is 5.32 Å². The molecular weight excluding hydrogens is 240 g/mol. The van der Waals surface area contributed by atoms with Crippen molar-refractivity contribution in [2.45, 2.75) is 47.6 Å². The summed E-state index contributed by atoms with van der Waals surface area (Å²) in [5, 5.41) is 7.30. The van der Waals surface area contributed by atoms with Crippen LogP contribution in [0.1, 0.15) is 38.8 Å². The number of aryl methyl sites for hydroxylation is 1. The zero-order chi connectivity index (χ0) is 13.9. The number of rotatable bonds is 2. The molecule has 0 aliphatic carbocycles. The van der Waals surface area contributed by atoms with Gasteiger partial charge in [-0.2, -0.15) is 0 Å². The highest BCUT2D eigenvalue weighted by Crippen LogP contribution is 2.20. The maximum atomic E-state index is 5.36. The third kappa shape index (κ3) is 3.98. The number of nitrogens with one attached hydrogen (secondary N) is 2. The molecule has 0 radical (unpaired) electrons. The SMILES string of the molecule is Cc1cccc(NC(=S)NC(C)C(C)(C)C)c1C. The minimum absolute atomic E-state index is 0.188. The van der Waals surface area contributed by atoms with Gasteiger partial charge in [-0.25, -0.2) is 0 Å². The second kappa shape index (κ2) is 5.70. The van der Waals surface area contributed by atoms with E-state index >= 15 is 0 Å². The van der Waals surface area contributed by atoms with Crippen LogP contribution in [0.15, 0.2) is 18.2 Å². The molecule has 0 bridgehead atoms. The summed E-state index contributed by atoms with van der Waals surface area (Å²) in [6.45, 7) is 13.0. The molecule has 0 saturated heterocycles. The molecule has 2 N–H and O–H groups in total. The quantitative estimate of drug-likeness (QED) is 0.789. The van der Waals surface area contributed by atoms with Gasteiger partial charge in [-0.1, -0.05) is 32.9 Å². The molecule has 0 aliphatic rings. The molecule has 2 nitrogen and oxygen atoms in total. The fraction of sp³-hybridized carbons (Fsp3) is 0.533. The maximum absolute atomic E-state index is 5.36. The minimum Gasteiger partial charge on any atom is -0.359 e. The lowest BCUT2D eigenvalue weighted by atomic mass is 9.88. The van der Waals surface area contributed by atoms with E-state index in [0.29, 0.717) is 11.2 Å². The van der Waals surface area contributed by atoms with Crippen molar-refractivity contribution in [3.63, 3.8) is 0 Å². The van der Waals surface area contributed by atoms with Crippen LogP contribution in [0.5, 0.6) is 0 Å². The van der Waals surface area contributed by atoms with Gasteiger partial charge in [-0.3, -0.25) is 0 Å². The van der Waals surface area contributed by atoms with Crippen LogP contribution in [0.25, 0.3) is 0 Å². The lowest BCUT2D eigenvalue weighted by molar-refractivity contribution is 0.317. The van der Waals surface area contributed by atoms with Crippen molar-refractivity contribution in [2.24, 2.45) is 5.41 Å². The Labute approximate surface area is 116 Å². The van der Waals surface area contributed by atoms with Crippen LogP contribution in [0.3, 0.4) is 0 Å². The molecule has 0 fully saturated rings. The van der Waals surface area contributed by atoms with Crippen molar-refractivity contribution < 1.29 is 0 Å². The lowest BCUT2D eigenvalue weighted by Gasteiger charge is -2.29. The van der Waals surface area contributed by atoms with Crippen molar-refractivity contribution in [1.29, 1.82) is 0 Å². The topological polar surface area (TPSA) is 24.1 Å². The highest BCUT2D eigenvalue weighted by Gasteiger charge is 2.20. The van der Waals surface area contributed by atoms with E-state index in [0.717, 1.165) is 5.69 Å². The number of hydrogen-bond acceptors (Lipinski definition) is 1. The summed E-state index contributed by atoms with van der Waals surface area (Å²) in [5.74, 6) is 0. The molecule has 0 aliphatic heterocycles. The second-order valence-electron chi connectivity index (χ2n) is 5.93. The number of hydrogen-bond donors (Lipinski definition) is 2. The molecule has 18 heavy (non-hydrogen) atoms. The van der Waals surface area contributed by atoms with Gasteiger partial charge in [-0.15, -0.1) is 0 Å². The maximum Gasteiger partial charge on any atom is 0.171 e. The summed E-state index contributed by atoms with van der Waals surface area (Å²) >= 11 is 5.36. The Morgan fingerprint density at radius 2 is 1.83 bits per heavy atom. The van der Waals surface area contributed by atoms with Gasteiger partial charge in [0.15, 0.2) is 5.11 Å². The zero-order valence-corrected chi connectivity index (χ0v) is 13.0. The summed E-state index contributed by atoms with van der Waals surface area (Å²) in [6, 6.07) is 6.52. The van der Waals surface area contributed by atoms with Crippen LogP contribution in [0, 0.1) is 19.3 Å². The van der Waals surface area contributed by atoms with Crippen molar-refractivity contribution >= 4 is 23.0 Å². The molecule has 1 atom stereocenters. The van der Waals surface area contributed by atoms with Crippen molar-refractivity contribution in [3.8, 4) is 0 Å². The molecule has 1 aromatic rings. The summed E-state index contributed by atoms with van der Waals surface area (Å²) in [7, 11) is 0. The van der Waals surface area contributed by atoms with Gasteiger partial charge >= 0.3 is 0 Å². The normalized spacial score (nSPS) is 13.0. The van der Waals surface area contributed by atoms with Crippen molar-refractivity contribution in [1.82, 2.24) is 5.32 Å². The molecule has 100 valence electrons. The summed E-state index contributed by atoms with van der Waals surface area (Å²) in [4.78, 5) is 0. The van der Waals surface area contributed by atoms with Crippen LogP contribution in [0.4, 0.5) is 5.69 Å². The molecule has 0 heterocycles. The smallest absolute Gasteiger partial charge is 0.171 e. The summed E-state index contributed by atoms with van der Waals surface area (Å²) in [6.07, 6.45) is 0. The van der Waals surface area contributed by atoms with Crippen LogP contribution in [-0.4, -0.2) is 11.2 Å². The van der Waals surface area contributed by atoms with E-state index in [4.69, 9.17) is 12.2 Å². The van der Waals surface area contributed by atoms with Gasteiger partial charge < -0.3 is 10.6 Å². The van der Waals surface area contributed by atoms with Gasteiger partial charge in [-0.05, 0) is 55.6 Å². The monoisotopic (exact) mass is 264 g/mol. The number of thiocarbonyl (C=S) groups is 1. The highest BCUT2D eigenvalue weighted by atomic mass is 32.1. The Kier molecular flexibility index (Phi) is 4.74. The van der Waals surface area contributed by atoms with Crippen LogP contribution in [0.2, 0.25) is 0 Å². The Bertz CT molecular complexity index is 433. The first-order chi connectivity index (χ1) is 8.21. The molecule has 3 heteroatoms. The van der Waals surface area contributed by atoms with Gasteiger partial charge in [0, 0.05) is 11.7 Å². The van der Waals surface area contributed by atoms with E-state index in [1.807, 2.05) is 6.07 Å². The fourth-order valence-corrected chi connectivity index (χ4v) is 1.74. The van der Waals surface area contributed by atoms with E-state index in [2.05, 4.69) is 64.3 Å². The largest absolute Gasteiger partial charge is 0.359 e. The lowest BCUT2D eigenvalue weighted by Crippen LogP contribution is -2.43. The number of benzene rings is 1. The zero-order valence-electron chi connectivity index (χ0n) is 12.2. The minimum atomic E-state index is 0.188. The summed E-state index contributed by atoms with van der Waals surface area (Å²) in [5.41, 5.74) is 3.78. The molecule has 0 saturated carbocycles. The van der Waals surface area contributed by atoms with E-state index in [9.17, 15) is 0 Å². The van der Waals surface area contributed by atoms with Gasteiger partial charge in [0.1, 0.15) is 0 Å². The Balaban J connectivity index is 2.69. The fourth-order valence-electron chi connectivity index (χ4n) is 1.46. The van der Waals surface area contributed by atoms with Crippen LogP contribution in [-0.2, 0) is 0 Å². The average Bonchev–Trinajstić information content (AvgIpc) is 2.23. The third-order valence-corrected chi connectivity index (χ3v) is 3.72. The second-order valence-corrected chi connectivity index (χ2v) is 6.34. The van der Waals surface area contributed by atoms with Crippen LogP contribution >= 0.6 is 12.2 Å². The van der Waals surface area contributed by atoms with E-state index in [-0.39, 0.29) is 5.41 Å². The predicted octanol–water partition coefficient (Wildman–Crippen LogP) is 4.02.